The van der Waals surface area contributed by atoms with E-state index in [-0.39, 0.29) is 0 Å². The first kappa shape index (κ1) is 25.3. The van der Waals surface area contributed by atoms with Crippen LogP contribution in [-0.2, 0) is 12.8 Å². The van der Waals surface area contributed by atoms with E-state index in [1.807, 2.05) is 48.5 Å². The highest BCUT2D eigenvalue weighted by Gasteiger charge is 2.19. The van der Waals surface area contributed by atoms with Gasteiger partial charge in [-0.2, -0.15) is 0 Å². The predicted octanol–water partition coefficient (Wildman–Crippen LogP) is 9.60. The van der Waals surface area contributed by atoms with Crippen LogP contribution in [0.15, 0.2) is 114 Å². The fourth-order valence-electron chi connectivity index (χ4n) is 5.92. The van der Waals surface area contributed by atoms with Crippen molar-refractivity contribution >= 4 is 43.9 Å². The smallest absolute Gasteiger partial charge is 0.180 e. The summed E-state index contributed by atoms with van der Waals surface area (Å²) in [6, 6.07) is 37.5. The van der Waals surface area contributed by atoms with Crippen molar-refractivity contribution in [2.45, 2.75) is 26.7 Å². The third kappa shape index (κ3) is 4.24. The third-order valence-corrected chi connectivity index (χ3v) is 8.17. The number of benzene rings is 4. The van der Waals surface area contributed by atoms with Crippen molar-refractivity contribution in [3.8, 4) is 33.8 Å². The molecule has 43 heavy (non-hydrogen) atoms. The Kier molecular flexibility index (Phi) is 5.97. The van der Waals surface area contributed by atoms with Gasteiger partial charge in [0.2, 0.25) is 0 Å². The quantitative estimate of drug-likeness (QED) is 0.198. The van der Waals surface area contributed by atoms with Gasteiger partial charge < -0.3 is 4.42 Å². The largest absolute Gasteiger partial charge is 0.452 e. The van der Waals surface area contributed by atoms with Gasteiger partial charge in [-0.25, -0.2) is 9.97 Å². The number of rotatable bonds is 5. The summed E-state index contributed by atoms with van der Waals surface area (Å²) in [6.07, 6.45) is 1.72. The Morgan fingerprint density at radius 3 is 2.14 bits per heavy atom. The standard InChI is InChI=1S/C38H28N4O/c1-3-27-19-17-23-18-20-29-31(22-28(4-2)40-35(29)33(23)39-27)25-13-10-14-26(21-25)34-37-36(30-15-8-9-16-32(30)43-37)42-38(41-34)24-11-6-5-7-12-24/h5-22H,3-4H2,1-2H3. The van der Waals surface area contributed by atoms with Crippen molar-refractivity contribution < 1.29 is 4.42 Å². The zero-order chi connectivity index (χ0) is 28.9. The molecular formula is C38H28N4O. The number of hydrogen-bond donors (Lipinski definition) is 0. The molecule has 8 rings (SSSR count). The Morgan fingerprint density at radius 2 is 1.28 bits per heavy atom. The lowest BCUT2D eigenvalue weighted by atomic mass is 9.96. The summed E-state index contributed by atoms with van der Waals surface area (Å²) in [5.74, 6) is 0.673. The third-order valence-electron chi connectivity index (χ3n) is 8.17. The minimum atomic E-state index is 0.673. The molecule has 0 spiro atoms. The van der Waals surface area contributed by atoms with E-state index in [4.69, 9.17) is 24.4 Å². The minimum Gasteiger partial charge on any atom is -0.452 e. The van der Waals surface area contributed by atoms with Gasteiger partial charge in [-0.15, -0.1) is 0 Å². The normalized spacial score (nSPS) is 11.7. The lowest BCUT2D eigenvalue weighted by molar-refractivity contribution is 0.667. The topological polar surface area (TPSA) is 64.7 Å². The molecule has 0 N–H and O–H groups in total. The molecule has 0 fully saturated rings. The van der Waals surface area contributed by atoms with E-state index in [1.54, 1.807) is 0 Å². The van der Waals surface area contributed by atoms with E-state index in [9.17, 15) is 0 Å². The summed E-state index contributed by atoms with van der Waals surface area (Å²) in [5, 5.41) is 3.17. The molecule has 0 radical (unpaired) electrons. The molecule has 8 aromatic rings. The lowest BCUT2D eigenvalue weighted by Crippen LogP contribution is -1.96. The summed E-state index contributed by atoms with van der Waals surface area (Å²) in [5.41, 5.74) is 11.2. The van der Waals surface area contributed by atoms with Crippen LogP contribution in [0.25, 0.3) is 77.6 Å². The number of nitrogens with zero attached hydrogens (tertiary/aromatic N) is 4. The van der Waals surface area contributed by atoms with Crippen molar-refractivity contribution in [3.63, 3.8) is 0 Å². The molecule has 5 nitrogen and oxygen atoms in total. The molecule has 0 aliphatic rings. The SMILES string of the molecule is CCc1ccc2ccc3c(-c4cccc(-c5nc(-c6ccccc6)nc6c5oc5ccccc56)c4)cc(CC)nc3c2n1. The van der Waals surface area contributed by atoms with Crippen LogP contribution in [0.4, 0.5) is 0 Å². The summed E-state index contributed by atoms with van der Waals surface area (Å²) in [6.45, 7) is 4.28. The zero-order valence-electron chi connectivity index (χ0n) is 24.0. The lowest BCUT2D eigenvalue weighted by Gasteiger charge is -2.13. The van der Waals surface area contributed by atoms with Crippen molar-refractivity contribution in [1.82, 2.24) is 19.9 Å². The summed E-state index contributed by atoms with van der Waals surface area (Å²) in [7, 11) is 0. The molecule has 4 aromatic carbocycles. The fraction of sp³-hybridized carbons (Fsp3) is 0.105. The van der Waals surface area contributed by atoms with E-state index in [0.717, 1.165) is 90.5 Å². The Labute approximate surface area is 248 Å². The van der Waals surface area contributed by atoms with Gasteiger partial charge in [-0.05, 0) is 54.3 Å². The highest BCUT2D eigenvalue weighted by atomic mass is 16.3. The number of pyridine rings is 2. The summed E-state index contributed by atoms with van der Waals surface area (Å²) in [4.78, 5) is 20.2. The van der Waals surface area contributed by atoms with Crippen molar-refractivity contribution in [2.24, 2.45) is 0 Å². The number of hydrogen-bond acceptors (Lipinski definition) is 5. The molecular weight excluding hydrogens is 528 g/mol. The number of aryl methyl sites for hydroxylation is 2. The first-order valence-corrected chi connectivity index (χ1v) is 14.8. The van der Waals surface area contributed by atoms with Crippen LogP contribution < -0.4 is 0 Å². The van der Waals surface area contributed by atoms with E-state index in [1.165, 1.54) is 0 Å². The maximum atomic E-state index is 6.41. The second-order valence-corrected chi connectivity index (χ2v) is 10.8. The van der Waals surface area contributed by atoms with Gasteiger partial charge in [0.15, 0.2) is 11.4 Å². The molecule has 206 valence electrons. The summed E-state index contributed by atoms with van der Waals surface area (Å²) >= 11 is 0. The van der Waals surface area contributed by atoms with Crippen LogP contribution >= 0.6 is 0 Å². The van der Waals surface area contributed by atoms with Crippen LogP contribution in [0.2, 0.25) is 0 Å². The maximum Gasteiger partial charge on any atom is 0.180 e. The molecule has 0 amide bonds. The minimum absolute atomic E-state index is 0.673. The fourth-order valence-corrected chi connectivity index (χ4v) is 5.92. The molecule has 4 heterocycles. The van der Waals surface area contributed by atoms with Gasteiger partial charge >= 0.3 is 0 Å². The molecule has 0 saturated carbocycles. The molecule has 0 atom stereocenters. The second kappa shape index (κ2) is 10.1. The molecule has 0 bridgehead atoms. The second-order valence-electron chi connectivity index (χ2n) is 10.8. The van der Waals surface area contributed by atoms with Gasteiger partial charge in [-0.3, -0.25) is 9.97 Å². The van der Waals surface area contributed by atoms with Crippen LogP contribution in [0, 0.1) is 0 Å². The van der Waals surface area contributed by atoms with Gasteiger partial charge in [-0.1, -0.05) is 92.7 Å². The monoisotopic (exact) mass is 556 g/mol. The highest BCUT2D eigenvalue weighted by molar-refractivity contribution is 6.09. The molecule has 5 heteroatoms. The van der Waals surface area contributed by atoms with Gasteiger partial charge in [0.25, 0.3) is 0 Å². The van der Waals surface area contributed by atoms with Gasteiger partial charge in [0, 0.05) is 38.7 Å². The van der Waals surface area contributed by atoms with Crippen molar-refractivity contribution in [3.05, 3.63) is 121 Å². The molecule has 0 unspecified atom stereocenters. The predicted molar refractivity (Wildman–Crippen MR) is 175 cm³/mol. The highest BCUT2D eigenvalue weighted by Crippen LogP contribution is 2.38. The van der Waals surface area contributed by atoms with Crippen LogP contribution in [0.3, 0.4) is 0 Å². The zero-order valence-corrected chi connectivity index (χ0v) is 24.0. The number of aromatic nitrogens is 4. The van der Waals surface area contributed by atoms with E-state index in [0.29, 0.717) is 11.4 Å². The maximum absolute atomic E-state index is 6.41. The first-order chi connectivity index (χ1) is 21.2. The van der Waals surface area contributed by atoms with Gasteiger partial charge in [0.1, 0.15) is 16.8 Å². The molecule has 0 saturated heterocycles. The molecule has 0 aliphatic heterocycles. The Hall–Kier alpha value is -5.42. The number of para-hydroxylation sites is 1. The number of furan rings is 1. The Balaban J connectivity index is 1.38. The average molecular weight is 557 g/mol. The molecule has 0 aliphatic carbocycles. The van der Waals surface area contributed by atoms with Crippen molar-refractivity contribution in [2.75, 3.05) is 0 Å². The average Bonchev–Trinajstić information content (AvgIpc) is 3.46. The van der Waals surface area contributed by atoms with Crippen molar-refractivity contribution in [1.29, 1.82) is 0 Å². The Morgan fingerprint density at radius 1 is 0.535 bits per heavy atom. The first-order valence-electron chi connectivity index (χ1n) is 14.8. The van der Waals surface area contributed by atoms with Crippen LogP contribution in [-0.4, -0.2) is 19.9 Å². The van der Waals surface area contributed by atoms with E-state index < -0.39 is 0 Å². The molecule has 4 aromatic heterocycles. The van der Waals surface area contributed by atoms with E-state index in [2.05, 4.69) is 74.5 Å². The van der Waals surface area contributed by atoms with E-state index >= 15 is 0 Å². The summed E-state index contributed by atoms with van der Waals surface area (Å²) < 4.78 is 6.41. The Bertz CT molecular complexity index is 2320. The number of fused-ring (bicyclic) bond motifs is 6. The van der Waals surface area contributed by atoms with Gasteiger partial charge in [0.05, 0.1) is 11.0 Å². The van der Waals surface area contributed by atoms with Crippen LogP contribution in [0.5, 0.6) is 0 Å². The van der Waals surface area contributed by atoms with Crippen LogP contribution in [0.1, 0.15) is 25.2 Å².